The van der Waals surface area contributed by atoms with Crippen LogP contribution < -0.4 is 10.6 Å². The molecule has 1 aliphatic carbocycles. The third kappa shape index (κ3) is 4.80. The summed E-state index contributed by atoms with van der Waals surface area (Å²) < 4.78 is 39.7. The van der Waals surface area contributed by atoms with Crippen LogP contribution >= 0.6 is 0 Å². The summed E-state index contributed by atoms with van der Waals surface area (Å²) in [5.41, 5.74) is 1.08. The van der Waals surface area contributed by atoms with Crippen molar-refractivity contribution in [1.82, 2.24) is 15.3 Å². The summed E-state index contributed by atoms with van der Waals surface area (Å²) >= 11 is 0. The molecule has 2 aromatic carbocycles. The molecule has 1 saturated carbocycles. The number of carbonyl (C=O) groups excluding carboxylic acids is 1. The Balaban J connectivity index is 1.41. The van der Waals surface area contributed by atoms with Crippen LogP contribution in [0.15, 0.2) is 48.5 Å². The lowest BCUT2D eigenvalue weighted by atomic mass is 9.91. The Morgan fingerprint density at radius 1 is 1.00 bits per heavy atom. The van der Waals surface area contributed by atoms with Crippen LogP contribution in [0, 0.1) is 11.3 Å². The Kier molecular flexibility index (Phi) is 5.95. The average molecular weight is 439 g/mol. The van der Waals surface area contributed by atoms with Gasteiger partial charge >= 0.3 is 6.18 Å². The third-order valence-corrected chi connectivity index (χ3v) is 5.51. The fourth-order valence-electron chi connectivity index (χ4n) is 3.89. The second-order valence-electron chi connectivity index (χ2n) is 7.77. The fourth-order valence-corrected chi connectivity index (χ4v) is 3.89. The molecule has 2 N–H and O–H groups in total. The Bertz CT molecular complexity index is 1180. The molecule has 164 valence electrons. The van der Waals surface area contributed by atoms with E-state index in [2.05, 4.69) is 20.6 Å². The van der Waals surface area contributed by atoms with E-state index in [1.54, 1.807) is 42.5 Å². The quantitative estimate of drug-likeness (QED) is 0.616. The van der Waals surface area contributed by atoms with Crippen LogP contribution in [0.5, 0.6) is 0 Å². The summed E-state index contributed by atoms with van der Waals surface area (Å²) in [6.07, 6.45) is -1.94. The highest BCUT2D eigenvalue weighted by Gasteiger charge is 2.36. The van der Waals surface area contributed by atoms with Crippen LogP contribution in [0.1, 0.15) is 47.4 Å². The Labute approximate surface area is 182 Å². The zero-order valence-electron chi connectivity index (χ0n) is 17.0. The van der Waals surface area contributed by atoms with Gasteiger partial charge in [0.2, 0.25) is 5.82 Å². The minimum atomic E-state index is -4.63. The number of amides is 1. The van der Waals surface area contributed by atoms with Gasteiger partial charge < -0.3 is 10.6 Å². The van der Waals surface area contributed by atoms with E-state index >= 15 is 0 Å². The molecule has 0 aliphatic heterocycles. The minimum Gasteiger partial charge on any atom is -0.367 e. The van der Waals surface area contributed by atoms with Crippen molar-refractivity contribution in [2.24, 2.45) is 0 Å². The summed E-state index contributed by atoms with van der Waals surface area (Å²) in [7, 11) is 0. The molecule has 6 nitrogen and oxygen atoms in total. The van der Waals surface area contributed by atoms with E-state index in [1.807, 2.05) is 6.07 Å². The number of nitriles is 1. The monoisotopic (exact) mass is 439 g/mol. The standard InChI is InChI=1S/C23H20F3N5O/c24-23(25,26)22-30-19-7-2-1-6-18(19)20(31-22)28-16-8-10-17(11-9-16)29-21(32)15-5-3-4-14(12-15)13-27/h1-7,12,16-17H,8-11H2,(H,29,32)(H,28,30,31). The van der Waals surface area contributed by atoms with E-state index in [9.17, 15) is 18.0 Å². The fraction of sp³-hybridized carbons (Fsp3) is 0.304. The first kappa shape index (κ1) is 21.6. The lowest BCUT2D eigenvalue weighted by Crippen LogP contribution is -2.40. The second-order valence-corrected chi connectivity index (χ2v) is 7.77. The molecule has 1 fully saturated rings. The topological polar surface area (TPSA) is 90.7 Å². The third-order valence-electron chi connectivity index (χ3n) is 5.51. The number of fused-ring (bicyclic) bond motifs is 1. The number of para-hydroxylation sites is 1. The van der Waals surface area contributed by atoms with Gasteiger partial charge in [-0.05, 0) is 56.0 Å². The normalized spacial score (nSPS) is 18.7. The predicted molar refractivity (Wildman–Crippen MR) is 113 cm³/mol. The number of carbonyl (C=O) groups is 1. The van der Waals surface area contributed by atoms with Crippen LogP contribution in [0.4, 0.5) is 19.0 Å². The first-order valence-corrected chi connectivity index (χ1v) is 10.2. The molecule has 1 aliphatic rings. The summed E-state index contributed by atoms with van der Waals surface area (Å²) in [4.78, 5) is 19.9. The number of nitrogens with zero attached hydrogens (tertiary/aromatic N) is 3. The van der Waals surface area contributed by atoms with Crippen molar-refractivity contribution in [3.63, 3.8) is 0 Å². The largest absolute Gasteiger partial charge is 0.451 e. The molecule has 4 rings (SSSR count). The van der Waals surface area contributed by atoms with Gasteiger partial charge in [0.05, 0.1) is 17.1 Å². The smallest absolute Gasteiger partial charge is 0.367 e. The summed E-state index contributed by atoms with van der Waals surface area (Å²) in [6, 6.07) is 15.0. The van der Waals surface area contributed by atoms with Gasteiger partial charge in [-0.1, -0.05) is 18.2 Å². The highest BCUT2D eigenvalue weighted by atomic mass is 19.4. The number of anilines is 1. The van der Waals surface area contributed by atoms with Crippen LogP contribution in [0.3, 0.4) is 0 Å². The lowest BCUT2D eigenvalue weighted by molar-refractivity contribution is -0.144. The zero-order valence-corrected chi connectivity index (χ0v) is 17.0. The molecular formula is C23H20F3N5O. The number of hydrogen-bond acceptors (Lipinski definition) is 5. The van der Waals surface area contributed by atoms with E-state index in [4.69, 9.17) is 5.26 Å². The maximum Gasteiger partial charge on any atom is 0.451 e. The first-order valence-electron chi connectivity index (χ1n) is 10.2. The molecule has 0 spiro atoms. The number of alkyl halides is 3. The predicted octanol–water partition coefficient (Wildman–Crippen LogP) is 4.67. The van der Waals surface area contributed by atoms with Crippen LogP contribution in [-0.2, 0) is 6.18 Å². The molecule has 0 unspecified atom stereocenters. The lowest BCUT2D eigenvalue weighted by Gasteiger charge is -2.30. The van der Waals surface area contributed by atoms with Gasteiger partial charge in [-0.3, -0.25) is 4.79 Å². The number of halogens is 3. The Morgan fingerprint density at radius 2 is 1.72 bits per heavy atom. The van der Waals surface area contributed by atoms with Crippen molar-refractivity contribution >= 4 is 22.6 Å². The van der Waals surface area contributed by atoms with E-state index in [0.29, 0.717) is 42.2 Å². The van der Waals surface area contributed by atoms with Gasteiger partial charge in [0, 0.05) is 23.0 Å². The van der Waals surface area contributed by atoms with Crippen molar-refractivity contribution in [3.8, 4) is 6.07 Å². The van der Waals surface area contributed by atoms with Crippen molar-refractivity contribution in [3.05, 3.63) is 65.5 Å². The van der Waals surface area contributed by atoms with E-state index in [0.717, 1.165) is 0 Å². The van der Waals surface area contributed by atoms with Crippen LogP contribution in [0.2, 0.25) is 0 Å². The van der Waals surface area contributed by atoms with Crippen molar-refractivity contribution in [1.29, 1.82) is 5.26 Å². The molecule has 0 atom stereocenters. The van der Waals surface area contributed by atoms with E-state index < -0.39 is 12.0 Å². The zero-order chi connectivity index (χ0) is 22.7. The van der Waals surface area contributed by atoms with Crippen molar-refractivity contribution in [2.45, 2.75) is 43.9 Å². The molecule has 1 amide bonds. The average Bonchev–Trinajstić information content (AvgIpc) is 2.79. The molecular weight excluding hydrogens is 419 g/mol. The van der Waals surface area contributed by atoms with Gasteiger partial charge in [-0.2, -0.15) is 18.4 Å². The first-order chi connectivity index (χ1) is 15.3. The van der Waals surface area contributed by atoms with E-state index in [1.165, 1.54) is 6.07 Å². The Morgan fingerprint density at radius 3 is 2.44 bits per heavy atom. The molecule has 0 bridgehead atoms. The summed E-state index contributed by atoms with van der Waals surface area (Å²) in [5, 5.41) is 15.7. The number of aromatic nitrogens is 2. The van der Waals surface area contributed by atoms with Gasteiger partial charge in [0.1, 0.15) is 5.82 Å². The summed E-state index contributed by atoms with van der Waals surface area (Å²) in [6.45, 7) is 0. The molecule has 32 heavy (non-hydrogen) atoms. The molecule has 9 heteroatoms. The second kappa shape index (κ2) is 8.83. The number of nitrogens with one attached hydrogen (secondary N) is 2. The number of hydrogen-bond donors (Lipinski definition) is 2. The highest BCUT2D eigenvalue weighted by Crippen LogP contribution is 2.31. The minimum absolute atomic E-state index is 0.0424. The maximum atomic E-state index is 13.2. The van der Waals surface area contributed by atoms with Crippen molar-refractivity contribution < 1.29 is 18.0 Å². The van der Waals surface area contributed by atoms with Gasteiger partial charge in [0.25, 0.3) is 5.91 Å². The van der Waals surface area contributed by atoms with Crippen molar-refractivity contribution in [2.75, 3.05) is 5.32 Å². The molecule has 0 saturated heterocycles. The Hall–Kier alpha value is -3.67. The number of benzene rings is 2. The van der Waals surface area contributed by atoms with Gasteiger partial charge in [-0.15, -0.1) is 0 Å². The highest BCUT2D eigenvalue weighted by molar-refractivity contribution is 5.94. The molecule has 1 heterocycles. The van der Waals surface area contributed by atoms with E-state index in [-0.39, 0.29) is 29.3 Å². The maximum absolute atomic E-state index is 13.2. The number of rotatable bonds is 4. The van der Waals surface area contributed by atoms with Crippen LogP contribution in [0.25, 0.3) is 10.9 Å². The van der Waals surface area contributed by atoms with Gasteiger partial charge in [0.15, 0.2) is 0 Å². The molecule has 0 radical (unpaired) electrons. The molecule has 1 aromatic heterocycles. The molecule has 3 aromatic rings. The van der Waals surface area contributed by atoms with Gasteiger partial charge in [-0.25, -0.2) is 9.97 Å². The SMILES string of the molecule is N#Cc1cccc(C(=O)NC2CCC(Nc3nc(C(F)(F)F)nc4ccccc34)CC2)c1. The van der Waals surface area contributed by atoms with Crippen LogP contribution in [-0.4, -0.2) is 28.0 Å². The summed E-state index contributed by atoms with van der Waals surface area (Å²) in [5.74, 6) is -1.24.